The molecule has 1 heterocycles. The van der Waals surface area contributed by atoms with Crippen LogP contribution in [0.15, 0.2) is 158 Å². The number of hydrogen-bond donors (Lipinski definition) is 0. The molecule has 52 heavy (non-hydrogen) atoms. The van der Waals surface area contributed by atoms with E-state index < -0.39 is 0 Å². The molecule has 0 atom stereocenters. The first-order valence-electron chi connectivity index (χ1n) is 18.3. The predicted octanol–water partition coefficient (Wildman–Crippen LogP) is 15.0. The van der Waals surface area contributed by atoms with Gasteiger partial charge in [-0.1, -0.05) is 141 Å². The molecule has 0 nitrogen and oxygen atoms in total. The zero-order valence-electron chi connectivity index (χ0n) is 29.9. The van der Waals surface area contributed by atoms with Crippen LogP contribution in [-0.2, 0) is 5.41 Å². The minimum atomic E-state index is -0.0929. The van der Waals surface area contributed by atoms with Crippen molar-refractivity contribution in [2.75, 3.05) is 0 Å². The summed E-state index contributed by atoms with van der Waals surface area (Å²) in [5.74, 6) is 0. The molecule has 9 aromatic rings. The van der Waals surface area contributed by atoms with E-state index in [-0.39, 0.29) is 5.41 Å². The fourth-order valence-corrected chi connectivity index (χ4v) is 10.1. The molecule has 0 aliphatic heterocycles. The minimum absolute atomic E-state index is 0.0929. The van der Waals surface area contributed by atoms with Crippen molar-refractivity contribution in [3.05, 3.63) is 180 Å². The predicted molar refractivity (Wildman–Crippen MR) is 229 cm³/mol. The maximum absolute atomic E-state index is 2.50. The third-order valence-corrected chi connectivity index (χ3v) is 12.7. The highest BCUT2D eigenvalue weighted by molar-refractivity contribution is 7.26. The van der Waals surface area contributed by atoms with Gasteiger partial charge in [0.2, 0.25) is 0 Å². The quantitative estimate of drug-likeness (QED) is 0.128. The summed E-state index contributed by atoms with van der Waals surface area (Å²) in [7, 11) is 0. The molecular formula is C51H38S. The van der Waals surface area contributed by atoms with Crippen LogP contribution in [-0.4, -0.2) is 0 Å². The highest BCUT2D eigenvalue weighted by atomic mass is 32.1. The van der Waals surface area contributed by atoms with Gasteiger partial charge in [-0.3, -0.25) is 0 Å². The zero-order chi connectivity index (χ0) is 35.1. The van der Waals surface area contributed by atoms with Crippen LogP contribution in [0.3, 0.4) is 0 Å². The molecule has 248 valence electrons. The van der Waals surface area contributed by atoms with E-state index >= 15 is 0 Å². The Morgan fingerprint density at radius 1 is 0.500 bits per heavy atom. The van der Waals surface area contributed by atoms with Crippen LogP contribution in [0.4, 0.5) is 0 Å². The van der Waals surface area contributed by atoms with Gasteiger partial charge in [-0.2, -0.15) is 0 Å². The van der Waals surface area contributed by atoms with E-state index in [0.717, 1.165) is 0 Å². The zero-order valence-corrected chi connectivity index (χ0v) is 30.7. The van der Waals surface area contributed by atoms with Gasteiger partial charge in [0.15, 0.2) is 0 Å². The van der Waals surface area contributed by atoms with Crippen LogP contribution in [0, 0.1) is 0 Å². The Bertz CT molecular complexity index is 2930. The first-order chi connectivity index (χ1) is 25.4. The number of allylic oxidation sites excluding steroid dienone is 4. The molecule has 1 heteroatoms. The van der Waals surface area contributed by atoms with Gasteiger partial charge in [0.05, 0.1) is 0 Å². The molecule has 1 aliphatic rings. The topological polar surface area (TPSA) is 0 Å². The first-order valence-corrected chi connectivity index (χ1v) is 19.1. The van der Waals surface area contributed by atoms with Crippen molar-refractivity contribution in [2.24, 2.45) is 0 Å². The van der Waals surface area contributed by atoms with E-state index in [4.69, 9.17) is 0 Å². The van der Waals surface area contributed by atoms with Crippen molar-refractivity contribution in [2.45, 2.75) is 33.1 Å². The highest BCUT2D eigenvalue weighted by Crippen LogP contribution is 2.53. The number of hydrogen-bond acceptors (Lipinski definition) is 1. The Labute approximate surface area is 309 Å². The average molecular weight is 683 g/mol. The van der Waals surface area contributed by atoms with Crippen molar-refractivity contribution < 1.29 is 0 Å². The molecular weight excluding hydrogens is 645 g/mol. The molecule has 0 spiro atoms. The van der Waals surface area contributed by atoms with Gasteiger partial charge in [-0.05, 0) is 132 Å². The number of fused-ring (bicyclic) bond motifs is 10. The summed E-state index contributed by atoms with van der Waals surface area (Å²) in [6.45, 7) is 9.24. The molecule has 0 unspecified atom stereocenters. The van der Waals surface area contributed by atoms with E-state index in [1.165, 1.54) is 108 Å². The Morgan fingerprint density at radius 3 is 1.85 bits per heavy atom. The SMILES string of the molecule is C/C(=C\C=C(/C)c1c2ccccc2c(-c2ccc3c(c2)-c2cc4c(ccc5sc6ccccc6c54)cc2C3(C)C)c2ccccc12)c1ccccc1. The number of rotatable bonds is 4. The van der Waals surface area contributed by atoms with Gasteiger partial charge in [-0.25, -0.2) is 0 Å². The summed E-state index contributed by atoms with van der Waals surface area (Å²) in [4.78, 5) is 0. The second-order valence-corrected chi connectivity index (χ2v) is 16.0. The second kappa shape index (κ2) is 11.6. The van der Waals surface area contributed by atoms with Crippen LogP contribution < -0.4 is 0 Å². The molecule has 0 radical (unpaired) electrons. The third kappa shape index (κ3) is 4.59. The molecule has 0 fully saturated rings. The summed E-state index contributed by atoms with van der Waals surface area (Å²) in [6.07, 6.45) is 4.56. The molecule has 1 aromatic heterocycles. The lowest BCUT2D eigenvalue weighted by molar-refractivity contribution is 0.661. The first kappa shape index (κ1) is 31.0. The monoisotopic (exact) mass is 682 g/mol. The lowest BCUT2D eigenvalue weighted by Gasteiger charge is -2.22. The van der Waals surface area contributed by atoms with Crippen LogP contribution in [0.5, 0.6) is 0 Å². The van der Waals surface area contributed by atoms with Crippen molar-refractivity contribution in [3.63, 3.8) is 0 Å². The van der Waals surface area contributed by atoms with E-state index in [2.05, 4.69) is 185 Å². The average Bonchev–Trinajstić information content (AvgIpc) is 3.67. The summed E-state index contributed by atoms with van der Waals surface area (Å²) in [5.41, 5.74) is 13.1. The number of benzene rings is 8. The van der Waals surface area contributed by atoms with Crippen molar-refractivity contribution >= 4 is 75.0 Å². The fourth-order valence-electron chi connectivity index (χ4n) is 8.94. The van der Waals surface area contributed by atoms with Crippen LogP contribution in [0.1, 0.15) is 49.9 Å². The molecule has 0 saturated heterocycles. The van der Waals surface area contributed by atoms with Gasteiger partial charge >= 0.3 is 0 Å². The third-order valence-electron chi connectivity index (χ3n) is 11.6. The summed E-state index contributed by atoms with van der Waals surface area (Å²) in [6, 6.07) is 54.4. The smallest absolute Gasteiger partial charge is 0.0361 e. The lowest BCUT2D eigenvalue weighted by Crippen LogP contribution is -2.14. The fraction of sp³-hybridized carbons (Fsp3) is 0.0980. The Kier molecular flexibility index (Phi) is 6.94. The molecule has 0 N–H and O–H groups in total. The number of thiophene rings is 1. The van der Waals surface area contributed by atoms with E-state index in [0.29, 0.717) is 0 Å². The Balaban J connectivity index is 1.19. The highest BCUT2D eigenvalue weighted by Gasteiger charge is 2.36. The standard InChI is InChI=1S/C51H38S/c1-31(33-14-6-5-7-15-33)22-23-32(2)48-36-16-8-10-18-38(36)49(39-19-11-9-17-37(39)48)35-24-26-44-42(28-35)43-30-41-34(29-45(43)51(44,3)4)25-27-47-50(41)40-20-12-13-21-46(40)52-47/h5-30H,1-4H3/b31-22+,32-23+. The van der Waals surface area contributed by atoms with Gasteiger partial charge in [-0.15, -0.1) is 11.3 Å². The van der Waals surface area contributed by atoms with E-state index in [9.17, 15) is 0 Å². The summed E-state index contributed by atoms with van der Waals surface area (Å²) >= 11 is 1.90. The molecule has 0 amide bonds. The van der Waals surface area contributed by atoms with Gasteiger partial charge < -0.3 is 0 Å². The summed E-state index contributed by atoms with van der Waals surface area (Å²) in [5, 5.41) is 10.6. The van der Waals surface area contributed by atoms with Crippen LogP contribution in [0.25, 0.3) is 85.9 Å². The van der Waals surface area contributed by atoms with Crippen molar-refractivity contribution in [1.29, 1.82) is 0 Å². The minimum Gasteiger partial charge on any atom is -0.135 e. The van der Waals surface area contributed by atoms with Gasteiger partial charge in [0.1, 0.15) is 0 Å². The molecule has 8 aromatic carbocycles. The van der Waals surface area contributed by atoms with Crippen LogP contribution in [0.2, 0.25) is 0 Å². The lowest BCUT2D eigenvalue weighted by atomic mass is 9.81. The maximum Gasteiger partial charge on any atom is 0.0361 e. The molecule has 0 bridgehead atoms. The normalized spacial score (nSPS) is 14.2. The van der Waals surface area contributed by atoms with Gasteiger partial charge in [0.25, 0.3) is 0 Å². The van der Waals surface area contributed by atoms with Crippen molar-refractivity contribution in [3.8, 4) is 22.3 Å². The molecule has 1 aliphatic carbocycles. The molecule has 10 rings (SSSR count). The van der Waals surface area contributed by atoms with Crippen molar-refractivity contribution in [1.82, 2.24) is 0 Å². The van der Waals surface area contributed by atoms with E-state index in [1.807, 2.05) is 11.3 Å². The maximum atomic E-state index is 2.50. The van der Waals surface area contributed by atoms with Crippen LogP contribution >= 0.6 is 11.3 Å². The molecule has 0 saturated carbocycles. The van der Waals surface area contributed by atoms with Gasteiger partial charge in [0, 0.05) is 25.6 Å². The summed E-state index contributed by atoms with van der Waals surface area (Å²) < 4.78 is 2.70. The Morgan fingerprint density at radius 2 is 1.12 bits per heavy atom. The second-order valence-electron chi connectivity index (χ2n) is 14.9. The largest absolute Gasteiger partial charge is 0.135 e. The van der Waals surface area contributed by atoms with E-state index in [1.54, 1.807) is 0 Å². The Hall–Kier alpha value is -5.76.